The summed E-state index contributed by atoms with van der Waals surface area (Å²) < 4.78 is 0. The van der Waals surface area contributed by atoms with Crippen LogP contribution in [0.4, 0.5) is 0 Å². The molecule has 0 aromatic heterocycles. The molecule has 0 aromatic carbocycles. The Kier molecular flexibility index (Phi) is 0.895. The van der Waals surface area contributed by atoms with E-state index in [0.717, 1.165) is 0 Å². The van der Waals surface area contributed by atoms with Crippen molar-refractivity contribution in [1.29, 1.82) is 0 Å². The second kappa shape index (κ2) is 1.08. The molecule has 0 nitrogen and oxygen atoms in total. The Hall–Kier alpha value is 1.13. The summed E-state index contributed by atoms with van der Waals surface area (Å²) in [5.41, 5.74) is 0. The maximum atomic E-state index is 4.10. The van der Waals surface area contributed by atoms with Crippen LogP contribution in [0.15, 0.2) is 0 Å². The molecule has 1 aliphatic heterocycles. The molecule has 0 aromatic rings. The first-order valence-corrected chi connectivity index (χ1v) is 5.26. The number of hydrogen-bond acceptors (Lipinski definition) is 1. The summed E-state index contributed by atoms with van der Waals surface area (Å²) >= 11 is 0. The van der Waals surface area contributed by atoms with E-state index in [1.54, 1.807) is 0 Å². The van der Waals surface area contributed by atoms with Crippen LogP contribution in [0.1, 0.15) is 0 Å². The summed E-state index contributed by atoms with van der Waals surface area (Å²) in [4.78, 5) is 0. The molecule has 0 spiro atoms. The molecule has 1 aliphatic rings. The van der Waals surface area contributed by atoms with Gasteiger partial charge in [0.2, 0.25) is 0 Å². The van der Waals surface area contributed by atoms with Crippen LogP contribution in [0.3, 0.4) is 0 Å². The molecular formula is CH3PS2. The van der Waals surface area contributed by atoms with Crippen LogP contribution in [0.2, 0.25) is 0 Å². The molecule has 3 heteroatoms. The molecule has 1 atom stereocenters. The molecule has 1 heterocycles. The zero-order valence-corrected chi connectivity index (χ0v) is 4.62. The summed E-state index contributed by atoms with van der Waals surface area (Å²) in [7, 11) is 6.30. The fourth-order valence-corrected chi connectivity index (χ4v) is 2.09. The second-order valence-electron chi connectivity index (χ2n) is 0.610. The molecule has 24 valence electrons. The zero-order chi connectivity index (χ0) is 2.99. The van der Waals surface area contributed by atoms with Gasteiger partial charge in [0, 0.05) is 0 Å². The summed E-state index contributed by atoms with van der Waals surface area (Å²) in [5, 5.41) is 1.33. The quantitative estimate of drug-likeness (QED) is 0.215. The van der Waals surface area contributed by atoms with Crippen molar-refractivity contribution in [2.75, 3.05) is 5.08 Å². The molecule has 1 fully saturated rings. The van der Waals surface area contributed by atoms with Crippen molar-refractivity contribution in [3.8, 4) is 0 Å². The molecular weight excluding hydrogens is 107 g/mol. The van der Waals surface area contributed by atoms with Crippen LogP contribution in [-0.4, -0.2) is 5.08 Å². The van der Waals surface area contributed by atoms with Crippen molar-refractivity contribution in [3.63, 3.8) is 0 Å². The summed E-state index contributed by atoms with van der Waals surface area (Å²) in [6, 6.07) is 0. The molecule has 4 heavy (non-hydrogen) atoms. The molecule has 1 unspecified atom stereocenters. The second-order valence-corrected chi connectivity index (χ2v) is 6.96. The van der Waals surface area contributed by atoms with E-state index in [1.807, 2.05) is 10.8 Å². The third kappa shape index (κ3) is 0.833. The van der Waals surface area contributed by atoms with Crippen molar-refractivity contribution >= 4 is 27.5 Å². The zero-order valence-electron chi connectivity index (χ0n) is 2.01. The molecule has 0 bridgehead atoms. The van der Waals surface area contributed by atoms with E-state index in [0.29, 0.717) is 0 Å². The third-order valence-corrected chi connectivity index (χ3v) is 4.28. The van der Waals surface area contributed by atoms with Crippen molar-refractivity contribution < 1.29 is 0 Å². The van der Waals surface area contributed by atoms with Gasteiger partial charge in [-0.2, -0.15) is 0 Å². The Morgan fingerprint density at radius 2 is 2.25 bits per heavy atom. The molecule has 1 rings (SSSR count). The predicted molar refractivity (Wildman–Crippen MR) is 28.4 cm³/mol. The fraction of sp³-hybridized carbons (Fsp3) is 1.00. The Bertz CT molecular complexity index is 69.8. The molecule has 0 aliphatic carbocycles. The van der Waals surface area contributed by atoms with Crippen LogP contribution in [0.25, 0.3) is 0 Å². The molecule has 1 saturated heterocycles. The van der Waals surface area contributed by atoms with Crippen molar-refractivity contribution in [2.24, 2.45) is 0 Å². The number of hydrogen-bond donors (Lipinski definition) is 1. The van der Waals surface area contributed by atoms with Gasteiger partial charge in [0.05, 0.1) is 0 Å². The molecule has 0 radical (unpaired) electrons. The Labute approximate surface area is 33.2 Å². The normalized spacial score (nSPS) is 39.2. The van der Waals surface area contributed by atoms with E-state index in [4.69, 9.17) is 0 Å². The summed E-state index contributed by atoms with van der Waals surface area (Å²) in [5.74, 6) is 0. The number of rotatable bonds is 0. The summed E-state index contributed by atoms with van der Waals surface area (Å²) in [6.45, 7) is 0. The molecule has 0 amide bonds. The van der Waals surface area contributed by atoms with Gasteiger partial charge in [-0.05, 0) is 0 Å². The third-order valence-electron chi connectivity index (χ3n) is 0.245. The topological polar surface area (TPSA) is 0 Å². The first-order valence-electron chi connectivity index (χ1n) is 0.987. The monoisotopic (exact) mass is 110 g/mol. The van der Waals surface area contributed by atoms with Crippen LogP contribution in [-0.2, 0) is 0 Å². The van der Waals surface area contributed by atoms with E-state index < -0.39 is 0 Å². The Morgan fingerprint density at radius 3 is 2.25 bits per heavy atom. The van der Waals surface area contributed by atoms with Crippen LogP contribution < -0.4 is 0 Å². The van der Waals surface area contributed by atoms with Crippen LogP contribution in [0.5, 0.6) is 0 Å². The maximum absolute atomic E-state index is 4.10. The van der Waals surface area contributed by atoms with E-state index in [2.05, 4.69) is 7.81 Å². The van der Waals surface area contributed by atoms with Crippen molar-refractivity contribution in [3.05, 3.63) is 0 Å². The first kappa shape index (κ1) is 3.32. The van der Waals surface area contributed by atoms with Gasteiger partial charge in [-0.1, -0.05) is 0 Å². The van der Waals surface area contributed by atoms with E-state index in [-0.39, 0.29) is 8.90 Å². The van der Waals surface area contributed by atoms with E-state index >= 15 is 0 Å². The Balaban J connectivity index is 2.79. The standard InChI is InChI=1S/CH3PS2/c2-4-1-3-4/h4H,1H2. The van der Waals surface area contributed by atoms with Crippen molar-refractivity contribution in [2.45, 2.75) is 0 Å². The predicted octanol–water partition coefficient (Wildman–Crippen LogP) is 1.93. The van der Waals surface area contributed by atoms with Gasteiger partial charge in [0.15, 0.2) is 0 Å². The average molecular weight is 110 g/mol. The molecule has 0 saturated carbocycles. The first-order chi connectivity index (χ1) is 1.89. The van der Waals surface area contributed by atoms with E-state index in [1.165, 1.54) is 5.08 Å². The van der Waals surface area contributed by atoms with E-state index in [9.17, 15) is 0 Å². The van der Waals surface area contributed by atoms with Crippen LogP contribution >= 0.6 is 27.5 Å². The van der Waals surface area contributed by atoms with Gasteiger partial charge in [0.1, 0.15) is 0 Å². The average Bonchev–Trinajstić information content (AvgIpc) is 1.75. The van der Waals surface area contributed by atoms with Crippen LogP contribution in [0, 0.1) is 0 Å². The van der Waals surface area contributed by atoms with Gasteiger partial charge in [-0.25, -0.2) is 0 Å². The van der Waals surface area contributed by atoms with Gasteiger partial charge in [0.25, 0.3) is 0 Å². The minimum atomic E-state index is 0.241. The SMILES string of the molecule is P#[SH]1CS1. The number of thiol groups is 1. The minimum absolute atomic E-state index is 0.241. The van der Waals surface area contributed by atoms with Gasteiger partial charge in [-0.3, -0.25) is 0 Å². The van der Waals surface area contributed by atoms with Gasteiger partial charge in [-0.15, -0.1) is 0 Å². The van der Waals surface area contributed by atoms with Gasteiger partial charge >= 0.3 is 32.6 Å². The summed E-state index contributed by atoms with van der Waals surface area (Å²) in [6.07, 6.45) is 0. The molecule has 0 N–H and O–H groups in total. The fourth-order valence-electron chi connectivity index (χ4n) is 0.0258. The Morgan fingerprint density at radius 1 is 2.00 bits per heavy atom. The van der Waals surface area contributed by atoms with Crippen molar-refractivity contribution in [1.82, 2.24) is 0 Å². The van der Waals surface area contributed by atoms with Gasteiger partial charge < -0.3 is 0 Å².